The fourth-order valence-electron chi connectivity index (χ4n) is 2.51. The van der Waals surface area contributed by atoms with Crippen molar-refractivity contribution in [2.24, 2.45) is 0 Å². The van der Waals surface area contributed by atoms with E-state index in [0.29, 0.717) is 0 Å². The van der Waals surface area contributed by atoms with Gasteiger partial charge in [0.05, 0.1) is 17.5 Å². The normalized spacial score (nSPS) is 10.8. The van der Waals surface area contributed by atoms with Gasteiger partial charge in [-0.3, -0.25) is 4.98 Å². The number of pyridine rings is 1. The molecule has 0 unspecified atom stereocenters. The maximum absolute atomic E-state index is 4.65. The number of aromatic nitrogens is 5. The van der Waals surface area contributed by atoms with Crippen molar-refractivity contribution in [3.63, 3.8) is 0 Å². The first-order valence-electron chi connectivity index (χ1n) is 7.23. The van der Waals surface area contributed by atoms with Crippen molar-refractivity contribution in [1.82, 2.24) is 24.5 Å². The summed E-state index contributed by atoms with van der Waals surface area (Å²) in [6, 6.07) is 10.1. The Labute approximate surface area is 132 Å². The molecule has 4 rings (SSSR count). The van der Waals surface area contributed by atoms with E-state index in [2.05, 4.69) is 25.3 Å². The summed E-state index contributed by atoms with van der Waals surface area (Å²) >= 11 is 0. The molecule has 0 aliphatic heterocycles. The Bertz CT molecular complexity index is 945. The summed E-state index contributed by atoms with van der Waals surface area (Å²) in [6.45, 7) is 0. The van der Waals surface area contributed by atoms with Crippen molar-refractivity contribution in [2.75, 3.05) is 12.4 Å². The van der Waals surface area contributed by atoms with Crippen LogP contribution in [0.2, 0.25) is 0 Å². The summed E-state index contributed by atoms with van der Waals surface area (Å²) in [5.41, 5.74) is 4.53. The summed E-state index contributed by atoms with van der Waals surface area (Å²) < 4.78 is 1.96. The first kappa shape index (κ1) is 13.4. The lowest BCUT2D eigenvalue weighted by Gasteiger charge is -2.08. The molecule has 1 N–H and O–H groups in total. The molecule has 3 heterocycles. The number of nitrogens with one attached hydrogen (secondary N) is 1. The fraction of sp³-hybridized carbons (Fsp3) is 0.0588. The second-order valence-corrected chi connectivity index (χ2v) is 5.05. The average Bonchev–Trinajstić information content (AvgIpc) is 3.15. The highest BCUT2D eigenvalue weighted by Crippen LogP contribution is 2.25. The average molecular weight is 302 g/mol. The minimum atomic E-state index is 0.726. The van der Waals surface area contributed by atoms with Crippen LogP contribution in [0.4, 0.5) is 5.82 Å². The van der Waals surface area contributed by atoms with Crippen molar-refractivity contribution in [3.05, 3.63) is 61.4 Å². The number of hydrogen-bond acceptors (Lipinski definition) is 5. The smallest absolute Gasteiger partial charge is 0.154 e. The van der Waals surface area contributed by atoms with Crippen molar-refractivity contribution >= 4 is 16.9 Å². The Hall–Kier alpha value is -3.28. The van der Waals surface area contributed by atoms with E-state index in [1.54, 1.807) is 24.9 Å². The van der Waals surface area contributed by atoms with E-state index in [9.17, 15) is 0 Å². The number of hydrogen-bond donors (Lipinski definition) is 1. The van der Waals surface area contributed by atoms with E-state index >= 15 is 0 Å². The van der Waals surface area contributed by atoms with E-state index in [4.69, 9.17) is 0 Å². The van der Waals surface area contributed by atoms with E-state index in [-0.39, 0.29) is 0 Å². The Morgan fingerprint density at radius 3 is 2.57 bits per heavy atom. The lowest BCUT2D eigenvalue weighted by Crippen LogP contribution is -1.98. The second kappa shape index (κ2) is 5.49. The Morgan fingerprint density at radius 2 is 1.83 bits per heavy atom. The van der Waals surface area contributed by atoms with Gasteiger partial charge in [0.25, 0.3) is 0 Å². The molecule has 6 nitrogen and oxygen atoms in total. The van der Waals surface area contributed by atoms with Gasteiger partial charge in [-0.2, -0.15) is 0 Å². The largest absolute Gasteiger partial charge is 0.371 e. The van der Waals surface area contributed by atoms with Crippen molar-refractivity contribution in [2.45, 2.75) is 0 Å². The minimum Gasteiger partial charge on any atom is -0.371 e. The van der Waals surface area contributed by atoms with Crippen LogP contribution in [0, 0.1) is 0 Å². The van der Waals surface area contributed by atoms with Crippen LogP contribution in [0.3, 0.4) is 0 Å². The highest BCUT2D eigenvalue weighted by Gasteiger charge is 2.08. The van der Waals surface area contributed by atoms with Gasteiger partial charge in [-0.1, -0.05) is 12.1 Å². The topological polar surface area (TPSA) is 68.5 Å². The molecule has 0 saturated heterocycles. The highest BCUT2D eigenvalue weighted by molar-refractivity contribution is 5.88. The first-order valence-corrected chi connectivity index (χ1v) is 7.23. The van der Waals surface area contributed by atoms with Crippen LogP contribution in [0.5, 0.6) is 0 Å². The molecular formula is C17H14N6. The maximum Gasteiger partial charge on any atom is 0.154 e. The van der Waals surface area contributed by atoms with Gasteiger partial charge in [0.15, 0.2) is 5.82 Å². The standard InChI is InChI=1S/C17H14N6/c1-18-17-16-15(20-6-7-21-16)10-14(22-17)12-2-4-13(5-3-12)23-9-8-19-11-23/h2-11H,1H3,(H,18,22). The van der Waals surface area contributed by atoms with E-state index in [0.717, 1.165) is 33.8 Å². The van der Waals surface area contributed by atoms with Gasteiger partial charge in [-0.25, -0.2) is 15.0 Å². The third kappa shape index (κ3) is 2.40. The van der Waals surface area contributed by atoms with Gasteiger partial charge in [0, 0.05) is 43.1 Å². The van der Waals surface area contributed by atoms with Gasteiger partial charge >= 0.3 is 0 Å². The molecule has 0 aliphatic carbocycles. The number of imidazole rings is 1. The van der Waals surface area contributed by atoms with E-state index in [1.807, 2.05) is 48.1 Å². The van der Waals surface area contributed by atoms with Crippen LogP contribution in [0.25, 0.3) is 28.0 Å². The van der Waals surface area contributed by atoms with Crippen molar-refractivity contribution in [3.8, 4) is 16.9 Å². The van der Waals surface area contributed by atoms with E-state index in [1.165, 1.54) is 0 Å². The SMILES string of the molecule is CNc1nc(-c2ccc(-n3ccnc3)cc2)cc2nccnc12. The highest BCUT2D eigenvalue weighted by atomic mass is 15.0. The Kier molecular flexibility index (Phi) is 3.20. The molecule has 0 aliphatic rings. The Morgan fingerprint density at radius 1 is 1.00 bits per heavy atom. The van der Waals surface area contributed by atoms with Gasteiger partial charge < -0.3 is 9.88 Å². The van der Waals surface area contributed by atoms with Crippen LogP contribution in [0.1, 0.15) is 0 Å². The molecule has 0 spiro atoms. The second-order valence-electron chi connectivity index (χ2n) is 5.05. The van der Waals surface area contributed by atoms with Crippen LogP contribution < -0.4 is 5.32 Å². The first-order chi connectivity index (χ1) is 11.3. The molecule has 0 bridgehead atoms. The molecule has 6 heteroatoms. The molecule has 112 valence electrons. The minimum absolute atomic E-state index is 0.726. The molecule has 0 fully saturated rings. The maximum atomic E-state index is 4.65. The van der Waals surface area contributed by atoms with Crippen molar-refractivity contribution < 1.29 is 0 Å². The quantitative estimate of drug-likeness (QED) is 0.630. The van der Waals surface area contributed by atoms with Gasteiger partial charge in [0.2, 0.25) is 0 Å². The molecular weight excluding hydrogens is 288 g/mol. The van der Waals surface area contributed by atoms with Gasteiger partial charge in [0.1, 0.15) is 5.52 Å². The zero-order valence-corrected chi connectivity index (χ0v) is 12.5. The Balaban J connectivity index is 1.79. The number of rotatable bonds is 3. The van der Waals surface area contributed by atoms with Crippen LogP contribution >= 0.6 is 0 Å². The lowest BCUT2D eigenvalue weighted by molar-refractivity contribution is 1.06. The molecule has 0 amide bonds. The zero-order chi connectivity index (χ0) is 15.6. The molecule has 1 aromatic carbocycles. The van der Waals surface area contributed by atoms with E-state index < -0.39 is 0 Å². The number of benzene rings is 1. The van der Waals surface area contributed by atoms with Gasteiger partial charge in [-0.15, -0.1) is 0 Å². The lowest BCUT2D eigenvalue weighted by atomic mass is 10.1. The van der Waals surface area contributed by atoms with Crippen LogP contribution in [0.15, 0.2) is 61.4 Å². The predicted octanol–water partition coefficient (Wildman–Crippen LogP) is 2.92. The molecule has 0 atom stereocenters. The molecule has 23 heavy (non-hydrogen) atoms. The monoisotopic (exact) mass is 302 g/mol. The van der Waals surface area contributed by atoms with Crippen molar-refractivity contribution in [1.29, 1.82) is 0 Å². The zero-order valence-electron chi connectivity index (χ0n) is 12.5. The van der Waals surface area contributed by atoms with Crippen LogP contribution in [-0.4, -0.2) is 31.6 Å². The summed E-state index contributed by atoms with van der Waals surface area (Å²) in [5, 5.41) is 3.09. The molecule has 3 aromatic heterocycles. The molecule has 0 radical (unpaired) electrons. The third-order valence-electron chi connectivity index (χ3n) is 3.66. The molecule has 4 aromatic rings. The van der Waals surface area contributed by atoms with Gasteiger partial charge in [-0.05, 0) is 18.2 Å². The number of nitrogens with zero attached hydrogens (tertiary/aromatic N) is 5. The third-order valence-corrected chi connectivity index (χ3v) is 3.66. The predicted molar refractivity (Wildman–Crippen MR) is 89.4 cm³/mol. The summed E-state index contributed by atoms with van der Waals surface area (Å²) in [7, 11) is 1.84. The number of anilines is 1. The summed E-state index contributed by atoms with van der Waals surface area (Å²) in [4.78, 5) is 17.4. The summed E-state index contributed by atoms with van der Waals surface area (Å²) in [5.74, 6) is 0.726. The number of fused-ring (bicyclic) bond motifs is 1. The summed E-state index contributed by atoms with van der Waals surface area (Å²) in [6.07, 6.45) is 8.81. The molecule has 0 saturated carbocycles. The van der Waals surface area contributed by atoms with Crippen LogP contribution in [-0.2, 0) is 0 Å². The fourth-order valence-corrected chi connectivity index (χ4v) is 2.51.